The molecule has 2 unspecified atom stereocenters. The smallest absolute Gasteiger partial charge is 0.227 e. The van der Waals surface area contributed by atoms with Gasteiger partial charge in [0.25, 0.3) is 0 Å². The van der Waals surface area contributed by atoms with E-state index in [1.807, 2.05) is 11.0 Å². The molecule has 1 aliphatic heterocycles. The minimum atomic E-state index is -1.78. The summed E-state index contributed by atoms with van der Waals surface area (Å²) in [5, 5.41) is 0. The van der Waals surface area contributed by atoms with Crippen molar-refractivity contribution >= 4 is 17.4 Å². The van der Waals surface area contributed by atoms with E-state index in [9.17, 15) is 14.0 Å². The van der Waals surface area contributed by atoms with Crippen LogP contribution in [0.5, 0.6) is 0 Å². The summed E-state index contributed by atoms with van der Waals surface area (Å²) in [6.07, 6.45) is 16.3. The first-order valence-corrected chi connectivity index (χ1v) is 13.9. The van der Waals surface area contributed by atoms with Crippen LogP contribution in [-0.4, -0.2) is 23.9 Å². The molecule has 1 heterocycles. The monoisotopic (exact) mass is 489 g/mol. The van der Waals surface area contributed by atoms with Crippen molar-refractivity contribution in [3.05, 3.63) is 65.3 Å². The quantitative estimate of drug-likeness (QED) is 0.410. The van der Waals surface area contributed by atoms with E-state index in [0.29, 0.717) is 31.1 Å². The molecule has 1 aromatic carbocycles. The number of halogens is 1. The van der Waals surface area contributed by atoms with Gasteiger partial charge in [-0.3, -0.25) is 9.59 Å². The first-order chi connectivity index (χ1) is 17.2. The molecular formula is C32H40FNO2. The number of amides is 1. The van der Waals surface area contributed by atoms with Gasteiger partial charge in [-0.15, -0.1) is 0 Å². The predicted molar refractivity (Wildman–Crippen MR) is 144 cm³/mol. The number of nitrogens with zero attached hydrogens (tertiary/aromatic N) is 1. The number of benzene rings is 1. The molecule has 0 aromatic heterocycles. The predicted octanol–water partition coefficient (Wildman–Crippen LogP) is 7.10. The summed E-state index contributed by atoms with van der Waals surface area (Å²) in [7, 11) is 0. The van der Waals surface area contributed by atoms with Crippen LogP contribution in [-0.2, 0) is 22.4 Å². The van der Waals surface area contributed by atoms with Crippen LogP contribution in [0.15, 0.2) is 54.2 Å². The molecule has 2 fully saturated rings. The molecule has 3 nitrogen and oxygen atoms in total. The topological polar surface area (TPSA) is 37.4 Å². The molecular weight excluding hydrogens is 449 g/mol. The number of ketones is 1. The number of fused-ring (bicyclic) bond motifs is 1. The van der Waals surface area contributed by atoms with E-state index < -0.39 is 5.67 Å². The van der Waals surface area contributed by atoms with E-state index in [0.717, 1.165) is 43.0 Å². The lowest BCUT2D eigenvalue weighted by molar-refractivity contribution is -0.133. The summed E-state index contributed by atoms with van der Waals surface area (Å²) in [4.78, 5) is 27.4. The Balaban J connectivity index is 1.16. The van der Waals surface area contributed by atoms with Crippen molar-refractivity contribution in [2.75, 3.05) is 11.4 Å². The maximum absolute atomic E-state index is 14.2. The number of hydrogen-bond donors (Lipinski definition) is 0. The molecule has 5 rings (SSSR count). The summed E-state index contributed by atoms with van der Waals surface area (Å²) >= 11 is 0. The molecule has 1 amide bonds. The zero-order valence-electron chi connectivity index (χ0n) is 21.9. The highest BCUT2D eigenvalue weighted by Crippen LogP contribution is 2.42. The Bertz CT molecular complexity index is 1100. The number of aryl methyl sites for hydroxylation is 1. The van der Waals surface area contributed by atoms with Gasteiger partial charge in [-0.25, -0.2) is 4.39 Å². The third kappa shape index (κ3) is 5.28. The molecule has 0 N–H and O–H groups in total. The summed E-state index contributed by atoms with van der Waals surface area (Å²) in [5.74, 6) is 1.49. The lowest BCUT2D eigenvalue weighted by atomic mass is 9.73. The molecule has 2 atom stereocenters. The minimum absolute atomic E-state index is 0.235. The summed E-state index contributed by atoms with van der Waals surface area (Å²) in [6, 6.07) is 6.23. The highest BCUT2D eigenvalue weighted by molar-refractivity contribution is 5.96. The summed E-state index contributed by atoms with van der Waals surface area (Å²) in [5.41, 5.74) is 4.24. The van der Waals surface area contributed by atoms with Gasteiger partial charge in [-0.2, -0.15) is 0 Å². The first-order valence-electron chi connectivity index (χ1n) is 13.9. The Hall–Kier alpha value is -2.49. The van der Waals surface area contributed by atoms with Crippen molar-refractivity contribution in [2.45, 2.75) is 83.7 Å². The number of Topliss-reactive ketones (excluding diaryl/α,β-unsaturated/α-hetero) is 1. The molecule has 1 aromatic rings. The molecule has 1 saturated carbocycles. The summed E-state index contributed by atoms with van der Waals surface area (Å²) in [6.45, 7) is 7.88. The number of carbonyl (C=O) groups is 2. The fourth-order valence-corrected chi connectivity index (χ4v) is 6.97. The number of alkyl halides is 1. The third-order valence-corrected chi connectivity index (χ3v) is 9.16. The SMILES string of the molecule is C=C(CC1CCC(C2CC(=O)N(c3ccc4c(c3)CCC(C(=O)C(C)(C)F)C4)C2)CC1)C1=CC=CC1. The van der Waals surface area contributed by atoms with Crippen LogP contribution < -0.4 is 4.90 Å². The van der Waals surface area contributed by atoms with Crippen LogP contribution >= 0.6 is 0 Å². The Morgan fingerprint density at radius 3 is 2.56 bits per heavy atom. The van der Waals surface area contributed by atoms with E-state index >= 15 is 0 Å². The van der Waals surface area contributed by atoms with Gasteiger partial charge in [0.05, 0.1) is 0 Å². The second kappa shape index (κ2) is 10.1. The molecule has 0 spiro atoms. The van der Waals surface area contributed by atoms with Gasteiger partial charge in [0.1, 0.15) is 0 Å². The number of hydrogen-bond acceptors (Lipinski definition) is 2. The van der Waals surface area contributed by atoms with Crippen molar-refractivity contribution in [2.24, 2.45) is 23.7 Å². The molecule has 1 saturated heterocycles. The molecule has 3 aliphatic carbocycles. The Labute approximate surface area is 215 Å². The van der Waals surface area contributed by atoms with E-state index in [1.165, 1.54) is 56.2 Å². The van der Waals surface area contributed by atoms with Crippen molar-refractivity contribution in [1.82, 2.24) is 0 Å². The largest absolute Gasteiger partial charge is 0.312 e. The van der Waals surface area contributed by atoms with Gasteiger partial charge in [-0.05, 0) is 118 Å². The molecule has 192 valence electrons. The van der Waals surface area contributed by atoms with Crippen molar-refractivity contribution in [1.29, 1.82) is 0 Å². The maximum atomic E-state index is 14.2. The Morgan fingerprint density at radius 1 is 1.08 bits per heavy atom. The lowest BCUT2D eigenvalue weighted by Crippen LogP contribution is -2.36. The van der Waals surface area contributed by atoms with Crippen LogP contribution in [0.1, 0.15) is 76.3 Å². The van der Waals surface area contributed by atoms with E-state index in [-0.39, 0.29) is 17.6 Å². The highest BCUT2D eigenvalue weighted by Gasteiger charge is 2.38. The van der Waals surface area contributed by atoms with Gasteiger partial charge in [0.15, 0.2) is 11.5 Å². The molecule has 4 aliphatic rings. The fourth-order valence-electron chi connectivity index (χ4n) is 6.97. The first kappa shape index (κ1) is 25.2. The van der Waals surface area contributed by atoms with Gasteiger partial charge in [0.2, 0.25) is 5.91 Å². The van der Waals surface area contributed by atoms with Crippen molar-refractivity contribution < 1.29 is 14.0 Å². The zero-order chi connectivity index (χ0) is 25.4. The standard InChI is InChI=1S/C32H40FNO2/c1-21(23-6-4-5-7-23)16-22-8-10-24(11-9-22)28-19-30(35)34(20-28)29-15-14-25-17-27(13-12-26(25)18-29)31(36)32(2,3)33/h4-6,14-15,18,22,24,27-28H,1,7-13,16-17,19-20H2,2-3H3. The second-order valence-corrected chi connectivity index (χ2v) is 12.1. The van der Waals surface area contributed by atoms with Crippen LogP contribution in [0.25, 0.3) is 0 Å². The molecule has 36 heavy (non-hydrogen) atoms. The second-order valence-electron chi connectivity index (χ2n) is 12.1. The van der Waals surface area contributed by atoms with Gasteiger partial charge >= 0.3 is 0 Å². The van der Waals surface area contributed by atoms with Gasteiger partial charge in [0, 0.05) is 24.6 Å². The van der Waals surface area contributed by atoms with E-state index in [4.69, 9.17) is 0 Å². The number of rotatable bonds is 7. The minimum Gasteiger partial charge on any atom is -0.312 e. The average Bonchev–Trinajstić information content (AvgIpc) is 3.53. The third-order valence-electron chi connectivity index (χ3n) is 9.16. The zero-order valence-corrected chi connectivity index (χ0v) is 21.9. The van der Waals surface area contributed by atoms with E-state index in [2.05, 4.69) is 36.9 Å². The number of carbonyl (C=O) groups excluding carboxylic acids is 2. The highest BCUT2D eigenvalue weighted by atomic mass is 19.1. The summed E-state index contributed by atoms with van der Waals surface area (Å²) < 4.78 is 14.2. The van der Waals surface area contributed by atoms with Crippen molar-refractivity contribution in [3.8, 4) is 0 Å². The lowest BCUT2D eigenvalue weighted by Gasteiger charge is -2.32. The van der Waals surface area contributed by atoms with Crippen LogP contribution in [0.2, 0.25) is 0 Å². The molecule has 0 radical (unpaired) electrons. The van der Waals surface area contributed by atoms with Crippen LogP contribution in [0.3, 0.4) is 0 Å². The van der Waals surface area contributed by atoms with Gasteiger partial charge in [-0.1, -0.05) is 36.4 Å². The molecule has 4 heteroatoms. The normalized spacial score (nSPS) is 28.2. The average molecular weight is 490 g/mol. The van der Waals surface area contributed by atoms with Crippen molar-refractivity contribution in [3.63, 3.8) is 0 Å². The fraction of sp³-hybridized carbons (Fsp3) is 0.562. The van der Waals surface area contributed by atoms with Crippen LogP contribution in [0.4, 0.5) is 10.1 Å². The Kier molecular flexibility index (Phi) is 7.07. The van der Waals surface area contributed by atoms with Crippen LogP contribution in [0, 0.1) is 23.7 Å². The number of allylic oxidation sites excluding steroid dienone is 5. The molecule has 0 bridgehead atoms. The number of anilines is 1. The van der Waals surface area contributed by atoms with E-state index in [1.54, 1.807) is 0 Å². The van der Waals surface area contributed by atoms with Gasteiger partial charge < -0.3 is 4.90 Å². The Morgan fingerprint density at radius 2 is 1.86 bits per heavy atom. The maximum Gasteiger partial charge on any atom is 0.227 e.